The molecule has 0 aliphatic carbocycles. The number of furan rings is 1. The molecule has 0 fully saturated rings. The minimum Gasteiger partial charge on any atom is -0.458 e. The van der Waals surface area contributed by atoms with Crippen molar-refractivity contribution in [1.82, 2.24) is 0 Å². The van der Waals surface area contributed by atoms with Crippen LogP contribution in [0, 0.1) is 5.82 Å². The van der Waals surface area contributed by atoms with Crippen molar-refractivity contribution in [1.29, 1.82) is 0 Å². The molecule has 0 radical (unpaired) electrons. The van der Waals surface area contributed by atoms with E-state index in [2.05, 4.69) is 6.58 Å². The van der Waals surface area contributed by atoms with Crippen molar-refractivity contribution in [3.05, 3.63) is 60.6 Å². The first kappa shape index (κ1) is 10.6. The van der Waals surface area contributed by atoms with E-state index in [0.717, 1.165) is 5.56 Å². The van der Waals surface area contributed by atoms with Crippen LogP contribution < -0.4 is 0 Å². The van der Waals surface area contributed by atoms with Crippen LogP contribution in [-0.4, -0.2) is 5.11 Å². The molecule has 0 bridgehead atoms. The van der Waals surface area contributed by atoms with E-state index in [1.807, 2.05) is 0 Å². The van der Waals surface area contributed by atoms with E-state index in [9.17, 15) is 9.50 Å². The van der Waals surface area contributed by atoms with Crippen molar-refractivity contribution in [2.24, 2.45) is 0 Å². The minimum atomic E-state index is -0.811. The van der Waals surface area contributed by atoms with Gasteiger partial charge in [-0.1, -0.05) is 6.08 Å². The number of hydrogen-bond acceptors (Lipinski definition) is 2. The Balaban J connectivity index is 2.31. The number of aliphatic hydroxyl groups is 1. The van der Waals surface area contributed by atoms with Crippen LogP contribution in [0.2, 0.25) is 0 Å². The van der Waals surface area contributed by atoms with Gasteiger partial charge < -0.3 is 9.52 Å². The summed E-state index contributed by atoms with van der Waals surface area (Å²) in [5.74, 6) is 0.729. The van der Waals surface area contributed by atoms with Gasteiger partial charge in [-0.25, -0.2) is 4.39 Å². The van der Waals surface area contributed by atoms with Gasteiger partial charge in [0.1, 0.15) is 23.4 Å². The normalized spacial score (nSPS) is 12.4. The van der Waals surface area contributed by atoms with E-state index in [1.54, 1.807) is 24.3 Å². The fraction of sp³-hybridized carbons (Fsp3) is 0.0769. The zero-order chi connectivity index (χ0) is 11.5. The molecule has 3 heteroatoms. The lowest BCUT2D eigenvalue weighted by molar-refractivity contribution is 0.198. The smallest absolute Gasteiger partial charge is 0.137 e. The van der Waals surface area contributed by atoms with Gasteiger partial charge in [0, 0.05) is 5.56 Å². The van der Waals surface area contributed by atoms with Crippen molar-refractivity contribution >= 4 is 0 Å². The SMILES string of the molecule is C=CC(O)c1ccc(-c2ccc(F)cc2)o1. The molecule has 2 aromatic rings. The summed E-state index contributed by atoms with van der Waals surface area (Å²) in [7, 11) is 0. The van der Waals surface area contributed by atoms with Gasteiger partial charge in [-0.05, 0) is 36.4 Å². The number of benzene rings is 1. The number of hydrogen-bond donors (Lipinski definition) is 1. The third kappa shape index (κ3) is 2.04. The Labute approximate surface area is 92.6 Å². The van der Waals surface area contributed by atoms with Crippen molar-refractivity contribution in [2.45, 2.75) is 6.10 Å². The lowest BCUT2D eigenvalue weighted by Crippen LogP contribution is -1.87. The molecule has 1 atom stereocenters. The van der Waals surface area contributed by atoms with Crippen LogP contribution in [0.4, 0.5) is 4.39 Å². The molecule has 82 valence electrons. The average Bonchev–Trinajstić information content (AvgIpc) is 2.78. The van der Waals surface area contributed by atoms with Crippen LogP contribution in [0.15, 0.2) is 53.5 Å². The van der Waals surface area contributed by atoms with Gasteiger partial charge in [0.05, 0.1) is 0 Å². The highest BCUT2D eigenvalue weighted by Gasteiger charge is 2.09. The Kier molecular flexibility index (Phi) is 2.88. The predicted molar refractivity (Wildman–Crippen MR) is 59.3 cm³/mol. The highest BCUT2D eigenvalue weighted by molar-refractivity contribution is 5.57. The highest BCUT2D eigenvalue weighted by atomic mass is 19.1. The number of aliphatic hydroxyl groups excluding tert-OH is 1. The van der Waals surface area contributed by atoms with E-state index in [4.69, 9.17) is 4.42 Å². The minimum absolute atomic E-state index is 0.290. The quantitative estimate of drug-likeness (QED) is 0.802. The Morgan fingerprint density at radius 1 is 1.19 bits per heavy atom. The Morgan fingerprint density at radius 3 is 2.50 bits per heavy atom. The van der Waals surface area contributed by atoms with E-state index in [1.165, 1.54) is 18.2 Å². The summed E-state index contributed by atoms with van der Waals surface area (Å²) >= 11 is 0. The van der Waals surface area contributed by atoms with Crippen LogP contribution in [0.25, 0.3) is 11.3 Å². The summed E-state index contributed by atoms with van der Waals surface area (Å²) in [6.45, 7) is 3.47. The molecule has 0 saturated heterocycles. The summed E-state index contributed by atoms with van der Waals surface area (Å²) in [6.07, 6.45) is 0.571. The van der Waals surface area contributed by atoms with E-state index in [-0.39, 0.29) is 5.82 Å². The van der Waals surface area contributed by atoms with Gasteiger partial charge >= 0.3 is 0 Å². The maximum atomic E-state index is 12.7. The van der Waals surface area contributed by atoms with E-state index >= 15 is 0 Å². The molecule has 1 aromatic carbocycles. The fourth-order valence-corrected chi connectivity index (χ4v) is 1.40. The van der Waals surface area contributed by atoms with Gasteiger partial charge in [-0.15, -0.1) is 6.58 Å². The molecule has 1 aromatic heterocycles. The van der Waals surface area contributed by atoms with Gasteiger partial charge in [0.25, 0.3) is 0 Å². The molecule has 1 heterocycles. The second-order valence-electron chi connectivity index (χ2n) is 3.39. The zero-order valence-electron chi connectivity index (χ0n) is 8.56. The molecule has 0 amide bonds. The molecular formula is C13H11FO2. The molecule has 2 nitrogen and oxygen atoms in total. The third-order valence-electron chi connectivity index (χ3n) is 2.27. The van der Waals surface area contributed by atoms with E-state index < -0.39 is 6.10 Å². The zero-order valence-corrected chi connectivity index (χ0v) is 8.56. The highest BCUT2D eigenvalue weighted by Crippen LogP contribution is 2.25. The van der Waals surface area contributed by atoms with Crippen LogP contribution in [0.5, 0.6) is 0 Å². The van der Waals surface area contributed by atoms with Gasteiger partial charge in [-0.2, -0.15) is 0 Å². The molecule has 0 saturated carbocycles. The van der Waals surface area contributed by atoms with Crippen molar-refractivity contribution in [2.75, 3.05) is 0 Å². The molecule has 16 heavy (non-hydrogen) atoms. The first-order valence-corrected chi connectivity index (χ1v) is 4.87. The van der Waals surface area contributed by atoms with Crippen molar-refractivity contribution in [3.63, 3.8) is 0 Å². The van der Waals surface area contributed by atoms with Crippen molar-refractivity contribution < 1.29 is 13.9 Å². The molecule has 1 N–H and O–H groups in total. The topological polar surface area (TPSA) is 33.4 Å². The summed E-state index contributed by atoms with van der Waals surface area (Å²) in [5, 5.41) is 9.46. The predicted octanol–water partition coefficient (Wildman–Crippen LogP) is 3.31. The lowest BCUT2D eigenvalue weighted by Gasteiger charge is -2.00. The largest absolute Gasteiger partial charge is 0.458 e. The molecule has 1 unspecified atom stereocenters. The summed E-state index contributed by atoms with van der Waals surface area (Å²) < 4.78 is 18.1. The second-order valence-corrected chi connectivity index (χ2v) is 3.39. The van der Waals surface area contributed by atoms with Gasteiger partial charge in [0.15, 0.2) is 0 Å². The molecule has 0 aliphatic heterocycles. The first-order valence-electron chi connectivity index (χ1n) is 4.87. The van der Waals surface area contributed by atoms with Gasteiger partial charge in [0.2, 0.25) is 0 Å². The fourth-order valence-electron chi connectivity index (χ4n) is 1.40. The van der Waals surface area contributed by atoms with Crippen LogP contribution in [0.1, 0.15) is 11.9 Å². The molecular weight excluding hydrogens is 207 g/mol. The Hall–Kier alpha value is -1.87. The maximum Gasteiger partial charge on any atom is 0.137 e. The standard InChI is InChI=1S/C13H11FO2/c1-2-11(15)13-8-7-12(16-13)9-3-5-10(14)6-4-9/h2-8,11,15H,1H2. The summed E-state index contributed by atoms with van der Waals surface area (Å²) in [6, 6.07) is 9.37. The maximum absolute atomic E-state index is 12.7. The lowest BCUT2D eigenvalue weighted by atomic mass is 10.2. The average molecular weight is 218 g/mol. The second kappa shape index (κ2) is 4.33. The Bertz CT molecular complexity index is 485. The van der Waals surface area contributed by atoms with Gasteiger partial charge in [-0.3, -0.25) is 0 Å². The van der Waals surface area contributed by atoms with Crippen LogP contribution in [-0.2, 0) is 0 Å². The van der Waals surface area contributed by atoms with Crippen LogP contribution >= 0.6 is 0 Å². The molecule has 2 rings (SSSR count). The summed E-state index contributed by atoms with van der Waals surface area (Å²) in [4.78, 5) is 0. The number of rotatable bonds is 3. The monoisotopic (exact) mass is 218 g/mol. The first-order chi connectivity index (χ1) is 7.70. The molecule has 0 aliphatic rings. The Morgan fingerprint density at radius 2 is 1.88 bits per heavy atom. The number of halogens is 1. The van der Waals surface area contributed by atoms with E-state index in [0.29, 0.717) is 11.5 Å². The molecule has 0 spiro atoms. The third-order valence-corrected chi connectivity index (χ3v) is 2.27. The summed E-state index contributed by atoms with van der Waals surface area (Å²) in [5.41, 5.74) is 0.768. The van der Waals surface area contributed by atoms with Crippen LogP contribution in [0.3, 0.4) is 0 Å². The van der Waals surface area contributed by atoms with Crippen molar-refractivity contribution in [3.8, 4) is 11.3 Å².